The van der Waals surface area contributed by atoms with E-state index in [0.717, 1.165) is 0 Å². The van der Waals surface area contributed by atoms with Gasteiger partial charge in [0.05, 0.1) is 0 Å². The standard InChI is InChI=1S/2C18H15P.BH4/c2*1-4-10-16(11-5-1)19(17-12-6-2-7-13-17)18-14-8-3-9-15-18;/h2*1-15H;1H4/q;;-1. The molecule has 0 heterocycles. The van der Waals surface area contributed by atoms with Gasteiger partial charge in [0.1, 0.15) is 0 Å². The second-order valence-electron chi connectivity index (χ2n) is 8.68. The molecule has 192 valence electrons. The molecule has 3 heteroatoms. The molecule has 0 fully saturated rings. The molecule has 0 nitrogen and oxygen atoms in total. The van der Waals surface area contributed by atoms with Crippen LogP contribution in [-0.2, 0) is 0 Å². The van der Waals surface area contributed by atoms with Crippen molar-refractivity contribution in [2.45, 2.75) is 0 Å². The molecule has 0 aliphatic heterocycles. The van der Waals surface area contributed by atoms with E-state index in [-0.39, 0.29) is 8.41 Å². The average Bonchev–Trinajstić information content (AvgIpc) is 3.01. The Morgan fingerprint density at radius 2 is 0.333 bits per heavy atom. The van der Waals surface area contributed by atoms with Crippen LogP contribution in [0.1, 0.15) is 0 Å². The van der Waals surface area contributed by atoms with Crippen molar-refractivity contribution < 1.29 is 0 Å². The number of hydrogen-bond donors (Lipinski definition) is 0. The lowest BCUT2D eigenvalue weighted by atomic mass is 10.4. The zero-order valence-electron chi connectivity index (χ0n) is 21.2. The third-order valence-corrected chi connectivity index (χ3v) is 11.0. The molecule has 39 heavy (non-hydrogen) atoms. The van der Waals surface area contributed by atoms with Gasteiger partial charge in [-0.2, -0.15) is 0 Å². The summed E-state index contributed by atoms with van der Waals surface area (Å²) in [5.41, 5.74) is 0. The summed E-state index contributed by atoms with van der Waals surface area (Å²) in [6.07, 6.45) is 0. The van der Waals surface area contributed by atoms with Crippen LogP contribution in [-0.4, -0.2) is 8.41 Å². The first-order chi connectivity index (χ1) is 18.9. The normalized spacial score (nSPS) is 10.3. The summed E-state index contributed by atoms with van der Waals surface area (Å²) < 4.78 is 0. The Morgan fingerprint density at radius 1 is 0.205 bits per heavy atom. The van der Waals surface area contributed by atoms with Crippen LogP contribution in [0.2, 0.25) is 0 Å². The van der Waals surface area contributed by atoms with E-state index >= 15 is 0 Å². The Balaban J connectivity index is 0.000000176. The molecule has 0 spiro atoms. The fraction of sp³-hybridized carbons (Fsp3) is 0. The van der Waals surface area contributed by atoms with E-state index < -0.39 is 15.8 Å². The molecule has 6 aromatic carbocycles. The second kappa shape index (κ2) is 15.0. The van der Waals surface area contributed by atoms with Crippen LogP contribution in [0.15, 0.2) is 182 Å². The van der Waals surface area contributed by atoms with E-state index in [0.29, 0.717) is 0 Å². The maximum absolute atomic E-state index is 2.23. The Kier molecular flexibility index (Phi) is 10.9. The van der Waals surface area contributed by atoms with Gasteiger partial charge in [0.25, 0.3) is 0 Å². The Labute approximate surface area is 237 Å². The summed E-state index contributed by atoms with van der Waals surface area (Å²) in [4.78, 5) is 0. The van der Waals surface area contributed by atoms with Crippen molar-refractivity contribution in [1.82, 2.24) is 0 Å². The molecule has 0 saturated heterocycles. The minimum absolute atomic E-state index is 0. The van der Waals surface area contributed by atoms with Gasteiger partial charge in [-0.1, -0.05) is 190 Å². The Hall–Kier alpha value is -3.76. The number of hydrogen-bond acceptors (Lipinski definition) is 0. The van der Waals surface area contributed by atoms with E-state index in [9.17, 15) is 0 Å². The van der Waals surface area contributed by atoms with Gasteiger partial charge in [-0.05, 0) is 47.7 Å². The highest BCUT2D eigenvalue weighted by Crippen LogP contribution is 2.33. The monoisotopic (exact) mass is 539 g/mol. The van der Waals surface area contributed by atoms with Gasteiger partial charge in [-0.3, -0.25) is 0 Å². The lowest BCUT2D eigenvalue weighted by Crippen LogP contribution is -2.20. The van der Waals surface area contributed by atoms with Gasteiger partial charge in [0.2, 0.25) is 0 Å². The molecular formula is C36H34BP2-. The summed E-state index contributed by atoms with van der Waals surface area (Å²) in [5, 5.41) is 8.39. The summed E-state index contributed by atoms with van der Waals surface area (Å²) in [7, 11) is -0.892. The number of benzene rings is 6. The van der Waals surface area contributed by atoms with Gasteiger partial charge in [0, 0.05) is 0 Å². The van der Waals surface area contributed by atoms with Crippen molar-refractivity contribution in [3.05, 3.63) is 182 Å². The van der Waals surface area contributed by atoms with Crippen molar-refractivity contribution >= 4 is 56.1 Å². The topological polar surface area (TPSA) is 0 Å². The molecule has 0 aromatic heterocycles. The van der Waals surface area contributed by atoms with E-state index in [1.54, 1.807) is 0 Å². The minimum atomic E-state index is -0.446. The maximum Gasteiger partial charge on any atom is -0.0134 e. The first-order valence-corrected chi connectivity index (χ1v) is 15.5. The largest absolute Gasteiger partial charge is 0.0626 e. The smallest absolute Gasteiger partial charge is 0.0134 e. The van der Waals surface area contributed by atoms with Crippen molar-refractivity contribution in [3.63, 3.8) is 0 Å². The van der Waals surface area contributed by atoms with Crippen molar-refractivity contribution in [1.29, 1.82) is 0 Å². The predicted molar refractivity (Wildman–Crippen MR) is 182 cm³/mol. The van der Waals surface area contributed by atoms with Gasteiger partial charge in [-0.15, -0.1) is 0 Å². The van der Waals surface area contributed by atoms with Gasteiger partial charge in [-0.25, -0.2) is 0 Å². The first kappa shape index (κ1) is 28.3. The summed E-state index contributed by atoms with van der Waals surface area (Å²) in [6, 6.07) is 64.7. The molecule has 0 amide bonds. The Morgan fingerprint density at radius 3 is 0.462 bits per heavy atom. The molecule has 0 radical (unpaired) electrons. The highest BCUT2D eigenvalue weighted by molar-refractivity contribution is 7.80. The quantitative estimate of drug-likeness (QED) is 0.196. The first-order valence-electron chi connectivity index (χ1n) is 12.8. The van der Waals surface area contributed by atoms with Gasteiger partial charge in [0.15, 0.2) is 0 Å². The summed E-state index contributed by atoms with van der Waals surface area (Å²) in [5.74, 6) is 0. The molecule has 0 aliphatic carbocycles. The van der Waals surface area contributed by atoms with Gasteiger partial charge >= 0.3 is 0 Å². The van der Waals surface area contributed by atoms with Crippen LogP contribution in [0.3, 0.4) is 0 Å². The number of rotatable bonds is 6. The zero-order valence-corrected chi connectivity index (χ0v) is 23.0. The van der Waals surface area contributed by atoms with E-state index in [1.807, 2.05) is 0 Å². The third kappa shape index (κ3) is 7.65. The van der Waals surface area contributed by atoms with E-state index in [4.69, 9.17) is 0 Å². The SMILES string of the molecule is [BH4-].c1ccc(P(c2ccccc2)c2ccccc2)cc1.c1ccc(P(c2ccccc2)c2ccccc2)cc1. The molecule has 0 unspecified atom stereocenters. The summed E-state index contributed by atoms with van der Waals surface area (Å²) in [6.45, 7) is 0. The molecule has 6 aromatic rings. The lowest BCUT2D eigenvalue weighted by Gasteiger charge is -2.18. The van der Waals surface area contributed by atoms with Crippen molar-refractivity contribution in [2.75, 3.05) is 0 Å². The molecule has 0 bridgehead atoms. The molecule has 0 aliphatic rings. The van der Waals surface area contributed by atoms with Crippen LogP contribution in [0.5, 0.6) is 0 Å². The maximum atomic E-state index is 2.23. The lowest BCUT2D eigenvalue weighted by molar-refractivity contribution is 1.74. The average molecular weight is 539 g/mol. The minimum Gasteiger partial charge on any atom is -0.0626 e. The molecule has 0 atom stereocenters. The van der Waals surface area contributed by atoms with E-state index in [1.165, 1.54) is 31.8 Å². The highest BCUT2D eigenvalue weighted by Gasteiger charge is 2.16. The fourth-order valence-electron chi connectivity index (χ4n) is 4.36. The fourth-order valence-corrected chi connectivity index (χ4v) is 8.97. The molecule has 0 N–H and O–H groups in total. The third-order valence-electron chi connectivity index (χ3n) is 6.09. The molecular weight excluding hydrogens is 505 g/mol. The molecule has 0 saturated carbocycles. The van der Waals surface area contributed by atoms with Crippen LogP contribution >= 0.6 is 15.8 Å². The Bertz CT molecular complexity index is 1170. The van der Waals surface area contributed by atoms with E-state index in [2.05, 4.69) is 182 Å². The van der Waals surface area contributed by atoms with Crippen LogP contribution in [0.4, 0.5) is 0 Å². The van der Waals surface area contributed by atoms with Crippen LogP contribution < -0.4 is 31.8 Å². The van der Waals surface area contributed by atoms with Crippen LogP contribution in [0, 0.1) is 0 Å². The highest BCUT2D eigenvalue weighted by atomic mass is 31.1. The van der Waals surface area contributed by atoms with Crippen molar-refractivity contribution in [2.24, 2.45) is 0 Å². The molecule has 6 rings (SSSR count). The van der Waals surface area contributed by atoms with Crippen molar-refractivity contribution in [3.8, 4) is 0 Å². The zero-order chi connectivity index (χ0) is 25.8. The second-order valence-corrected chi connectivity index (χ2v) is 13.1. The van der Waals surface area contributed by atoms with Gasteiger partial charge < -0.3 is 0 Å². The predicted octanol–water partition coefficient (Wildman–Crippen LogP) is 5.44. The van der Waals surface area contributed by atoms with Crippen LogP contribution in [0.25, 0.3) is 0 Å². The summed E-state index contributed by atoms with van der Waals surface area (Å²) >= 11 is 0.